The van der Waals surface area contributed by atoms with E-state index in [9.17, 15) is 17.6 Å². The standard InChI is InChI=1S/C17H21FN4O4S/c1-27(24,25)22-10-7-12(8-11-22)16(23)19-9-6-15-20-21-17(26-15)13-4-2-3-5-14(13)18/h2-5,12H,6-11H2,1H3,(H,19,23). The highest BCUT2D eigenvalue weighted by atomic mass is 32.2. The molecule has 0 radical (unpaired) electrons. The SMILES string of the molecule is CS(=O)(=O)N1CCC(C(=O)NCCc2nnc(-c3ccccc3F)o2)CC1. The van der Waals surface area contributed by atoms with Gasteiger partial charge in [-0.2, -0.15) is 0 Å². The van der Waals surface area contributed by atoms with Crippen molar-refractivity contribution in [3.8, 4) is 11.5 Å². The molecule has 1 N–H and O–H groups in total. The lowest BCUT2D eigenvalue weighted by Crippen LogP contribution is -2.42. The number of nitrogens with one attached hydrogen (secondary N) is 1. The van der Waals surface area contributed by atoms with Crippen LogP contribution in [0.3, 0.4) is 0 Å². The molecule has 8 nitrogen and oxygen atoms in total. The molecule has 27 heavy (non-hydrogen) atoms. The maximum Gasteiger partial charge on any atom is 0.250 e. The number of rotatable bonds is 6. The average molecular weight is 396 g/mol. The highest BCUT2D eigenvalue weighted by molar-refractivity contribution is 7.88. The molecule has 1 saturated heterocycles. The Labute approximate surface area is 156 Å². The summed E-state index contributed by atoms with van der Waals surface area (Å²) in [5.41, 5.74) is 0.234. The molecule has 0 unspecified atom stereocenters. The molecule has 0 saturated carbocycles. The first-order valence-electron chi connectivity index (χ1n) is 8.64. The number of carbonyl (C=O) groups excluding carboxylic acids is 1. The van der Waals surface area contributed by atoms with Gasteiger partial charge in [-0.1, -0.05) is 12.1 Å². The molecule has 2 heterocycles. The van der Waals surface area contributed by atoms with Gasteiger partial charge in [0.2, 0.25) is 21.8 Å². The molecule has 1 aromatic heterocycles. The second kappa shape index (κ2) is 8.13. The van der Waals surface area contributed by atoms with E-state index < -0.39 is 15.8 Å². The van der Waals surface area contributed by atoms with Gasteiger partial charge in [0.25, 0.3) is 5.89 Å². The van der Waals surface area contributed by atoms with E-state index in [1.165, 1.54) is 16.6 Å². The molecule has 0 spiro atoms. The summed E-state index contributed by atoms with van der Waals surface area (Å²) in [5, 5.41) is 10.5. The number of nitrogens with zero attached hydrogens (tertiary/aromatic N) is 3. The fourth-order valence-electron chi connectivity index (χ4n) is 2.98. The summed E-state index contributed by atoms with van der Waals surface area (Å²) in [4.78, 5) is 12.2. The first-order chi connectivity index (χ1) is 12.8. The van der Waals surface area contributed by atoms with E-state index in [2.05, 4.69) is 15.5 Å². The summed E-state index contributed by atoms with van der Waals surface area (Å²) < 4.78 is 43.5. The van der Waals surface area contributed by atoms with Gasteiger partial charge in [0.15, 0.2) is 0 Å². The Morgan fingerprint density at radius 2 is 2.00 bits per heavy atom. The molecular formula is C17H21FN4O4S. The van der Waals surface area contributed by atoms with Crippen molar-refractivity contribution in [2.75, 3.05) is 25.9 Å². The number of sulfonamides is 1. The monoisotopic (exact) mass is 396 g/mol. The number of halogens is 1. The third kappa shape index (κ3) is 4.89. The zero-order chi connectivity index (χ0) is 19.4. The molecule has 3 rings (SSSR count). The molecule has 0 atom stereocenters. The number of benzene rings is 1. The van der Waals surface area contributed by atoms with E-state index in [0.717, 1.165) is 0 Å². The molecule has 0 aliphatic carbocycles. The minimum Gasteiger partial charge on any atom is -0.421 e. The van der Waals surface area contributed by atoms with Gasteiger partial charge in [-0.3, -0.25) is 4.79 Å². The van der Waals surface area contributed by atoms with Crippen molar-refractivity contribution in [1.82, 2.24) is 19.8 Å². The predicted molar refractivity (Wildman–Crippen MR) is 95.5 cm³/mol. The van der Waals surface area contributed by atoms with Gasteiger partial charge in [-0.25, -0.2) is 17.1 Å². The smallest absolute Gasteiger partial charge is 0.250 e. The molecule has 1 fully saturated rings. The van der Waals surface area contributed by atoms with Gasteiger partial charge in [-0.15, -0.1) is 10.2 Å². The molecular weight excluding hydrogens is 375 g/mol. The molecule has 1 aliphatic rings. The molecule has 1 amide bonds. The second-order valence-corrected chi connectivity index (χ2v) is 8.44. The van der Waals surface area contributed by atoms with Crippen molar-refractivity contribution in [2.24, 2.45) is 5.92 Å². The Balaban J connectivity index is 1.47. The topological polar surface area (TPSA) is 105 Å². The van der Waals surface area contributed by atoms with Crippen LogP contribution < -0.4 is 5.32 Å². The van der Waals surface area contributed by atoms with Gasteiger partial charge in [0.1, 0.15) is 5.82 Å². The molecule has 1 aliphatic heterocycles. The highest BCUT2D eigenvalue weighted by Gasteiger charge is 2.28. The van der Waals surface area contributed by atoms with Crippen molar-refractivity contribution in [1.29, 1.82) is 0 Å². The summed E-state index contributed by atoms with van der Waals surface area (Å²) in [7, 11) is -3.20. The lowest BCUT2D eigenvalue weighted by atomic mass is 9.97. The minimum absolute atomic E-state index is 0.0996. The van der Waals surface area contributed by atoms with Crippen LogP contribution in [0.25, 0.3) is 11.5 Å². The third-order valence-electron chi connectivity index (χ3n) is 4.50. The number of hydrogen-bond acceptors (Lipinski definition) is 6. The van der Waals surface area contributed by atoms with Crippen LogP contribution in [-0.2, 0) is 21.2 Å². The highest BCUT2D eigenvalue weighted by Crippen LogP contribution is 2.21. The first kappa shape index (κ1) is 19.4. The van der Waals surface area contributed by atoms with Crippen LogP contribution in [0.1, 0.15) is 18.7 Å². The van der Waals surface area contributed by atoms with E-state index in [1.54, 1.807) is 18.2 Å². The van der Waals surface area contributed by atoms with Crippen LogP contribution in [0, 0.1) is 11.7 Å². The summed E-state index contributed by atoms with van der Waals surface area (Å²) in [6.07, 6.45) is 2.50. The van der Waals surface area contributed by atoms with Crippen LogP contribution in [0.2, 0.25) is 0 Å². The summed E-state index contributed by atoms with van der Waals surface area (Å²) in [5.74, 6) is -0.360. The predicted octanol–water partition coefficient (Wildman–Crippen LogP) is 1.21. The van der Waals surface area contributed by atoms with Crippen molar-refractivity contribution in [3.05, 3.63) is 36.0 Å². The Morgan fingerprint density at radius 1 is 1.30 bits per heavy atom. The largest absolute Gasteiger partial charge is 0.421 e. The Morgan fingerprint density at radius 3 is 2.67 bits per heavy atom. The zero-order valence-corrected chi connectivity index (χ0v) is 15.7. The molecule has 10 heteroatoms. The van der Waals surface area contributed by atoms with E-state index in [1.807, 2.05) is 0 Å². The molecule has 146 valence electrons. The zero-order valence-electron chi connectivity index (χ0n) is 14.9. The summed E-state index contributed by atoms with van der Waals surface area (Å²) in [6, 6.07) is 6.12. The average Bonchev–Trinajstić information content (AvgIpc) is 3.10. The quantitative estimate of drug-likeness (QED) is 0.787. The fraction of sp³-hybridized carbons (Fsp3) is 0.471. The number of amides is 1. The minimum atomic E-state index is -3.20. The second-order valence-electron chi connectivity index (χ2n) is 6.46. The van der Waals surface area contributed by atoms with Gasteiger partial charge in [0, 0.05) is 32.0 Å². The summed E-state index contributed by atoms with van der Waals surface area (Å²) >= 11 is 0. The Bertz CT molecular complexity index is 907. The molecule has 0 bridgehead atoms. The third-order valence-corrected chi connectivity index (χ3v) is 5.81. The van der Waals surface area contributed by atoms with Crippen molar-refractivity contribution < 1.29 is 22.0 Å². The van der Waals surface area contributed by atoms with Crippen molar-refractivity contribution >= 4 is 15.9 Å². The van der Waals surface area contributed by atoms with Crippen LogP contribution >= 0.6 is 0 Å². The maximum absolute atomic E-state index is 13.7. The van der Waals surface area contributed by atoms with E-state index in [-0.39, 0.29) is 23.3 Å². The molecule has 1 aromatic carbocycles. The summed E-state index contributed by atoms with van der Waals surface area (Å²) in [6.45, 7) is 1.02. The van der Waals surface area contributed by atoms with Crippen molar-refractivity contribution in [3.63, 3.8) is 0 Å². The fourth-order valence-corrected chi connectivity index (χ4v) is 3.86. The number of carbonyl (C=O) groups is 1. The van der Waals surface area contributed by atoms with Crippen LogP contribution in [0.5, 0.6) is 0 Å². The maximum atomic E-state index is 13.7. The van der Waals surface area contributed by atoms with Crippen LogP contribution in [-0.4, -0.2) is 54.7 Å². The molecule has 2 aromatic rings. The lowest BCUT2D eigenvalue weighted by molar-refractivity contribution is -0.126. The van der Waals surface area contributed by atoms with Crippen LogP contribution in [0.4, 0.5) is 4.39 Å². The van der Waals surface area contributed by atoms with Gasteiger partial charge in [0.05, 0.1) is 11.8 Å². The lowest BCUT2D eigenvalue weighted by Gasteiger charge is -2.29. The van der Waals surface area contributed by atoms with Gasteiger partial charge in [-0.05, 0) is 25.0 Å². The van der Waals surface area contributed by atoms with E-state index in [4.69, 9.17) is 4.42 Å². The number of piperidine rings is 1. The Hall–Kier alpha value is -2.33. The Kier molecular flexibility index (Phi) is 5.85. The normalized spacial score (nSPS) is 16.4. The van der Waals surface area contributed by atoms with Crippen molar-refractivity contribution in [2.45, 2.75) is 19.3 Å². The number of hydrogen-bond donors (Lipinski definition) is 1. The van der Waals surface area contributed by atoms with Crippen LogP contribution in [0.15, 0.2) is 28.7 Å². The van der Waals surface area contributed by atoms with Gasteiger partial charge < -0.3 is 9.73 Å². The van der Waals surface area contributed by atoms with E-state index in [0.29, 0.717) is 44.8 Å². The van der Waals surface area contributed by atoms with Gasteiger partial charge >= 0.3 is 0 Å². The first-order valence-corrected chi connectivity index (χ1v) is 10.5. The van der Waals surface area contributed by atoms with E-state index >= 15 is 0 Å². The number of aromatic nitrogens is 2.